The topological polar surface area (TPSA) is 86.3 Å². The summed E-state index contributed by atoms with van der Waals surface area (Å²) in [6.07, 6.45) is 1.83. The third-order valence-corrected chi connectivity index (χ3v) is 5.13. The zero-order valence-corrected chi connectivity index (χ0v) is 17.2. The number of likely N-dealkylation sites (tertiary alicyclic amines) is 1. The summed E-state index contributed by atoms with van der Waals surface area (Å²) < 4.78 is 21.4. The maximum Gasteiger partial charge on any atom is 0.292 e. The molecular formula is C21H28N2O6. The van der Waals surface area contributed by atoms with Crippen LogP contribution in [0.2, 0.25) is 0 Å². The van der Waals surface area contributed by atoms with E-state index in [9.17, 15) is 9.59 Å². The van der Waals surface area contributed by atoms with Crippen LogP contribution >= 0.6 is 0 Å². The Bertz CT molecular complexity index is 769. The van der Waals surface area contributed by atoms with Crippen molar-refractivity contribution in [2.45, 2.75) is 19.8 Å². The second kappa shape index (κ2) is 9.54. The molecule has 158 valence electrons. The molecule has 1 fully saturated rings. The van der Waals surface area contributed by atoms with Crippen LogP contribution in [-0.2, 0) is 14.3 Å². The Morgan fingerprint density at radius 3 is 2.48 bits per heavy atom. The highest BCUT2D eigenvalue weighted by Gasteiger charge is 2.29. The number of carbonyl (C=O) groups is 2. The predicted octanol–water partition coefficient (Wildman–Crippen LogP) is 1.95. The number of rotatable bonds is 6. The van der Waals surface area contributed by atoms with Crippen molar-refractivity contribution < 1.29 is 28.5 Å². The Labute approximate surface area is 170 Å². The van der Waals surface area contributed by atoms with Gasteiger partial charge in [-0.3, -0.25) is 9.59 Å². The van der Waals surface area contributed by atoms with E-state index in [0.29, 0.717) is 61.4 Å². The molecule has 8 heteroatoms. The zero-order valence-electron chi connectivity index (χ0n) is 17.2. The molecule has 0 radical (unpaired) electrons. The van der Waals surface area contributed by atoms with Gasteiger partial charge in [-0.15, -0.1) is 0 Å². The minimum Gasteiger partial charge on any atom is -0.497 e. The molecule has 0 unspecified atom stereocenters. The summed E-state index contributed by atoms with van der Waals surface area (Å²) in [5.74, 6) is 1.77. The highest BCUT2D eigenvalue weighted by atomic mass is 16.6. The molecular weight excluding hydrogens is 376 g/mol. The second-order valence-electron chi connectivity index (χ2n) is 7.15. The van der Waals surface area contributed by atoms with Gasteiger partial charge < -0.3 is 29.2 Å². The Kier molecular flexibility index (Phi) is 6.85. The van der Waals surface area contributed by atoms with Crippen LogP contribution in [0, 0.1) is 5.92 Å². The smallest absolute Gasteiger partial charge is 0.292 e. The lowest BCUT2D eigenvalue weighted by Crippen LogP contribution is -2.45. The molecule has 3 rings (SSSR count). The fourth-order valence-electron chi connectivity index (χ4n) is 3.56. The van der Waals surface area contributed by atoms with Gasteiger partial charge in [-0.25, -0.2) is 0 Å². The number of hydrogen-bond acceptors (Lipinski definition) is 6. The van der Waals surface area contributed by atoms with Gasteiger partial charge in [-0.1, -0.05) is 0 Å². The average molecular weight is 404 g/mol. The number of carbonyl (C=O) groups excluding carboxylic acids is 2. The van der Waals surface area contributed by atoms with Crippen LogP contribution < -0.4 is 14.8 Å². The van der Waals surface area contributed by atoms with Crippen molar-refractivity contribution in [2.24, 2.45) is 5.92 Å². The molecule has 1 N–H and O–H groups in total. The quantitative estimate of drug-likeness (QED) is 0.780. The normalized spacial score (nSPS) is 19.1. The Hall–Kier alpha value is -2.90. The molecule has 8 nitrogen and oxygen atoms in total. The summed E-state index contributed by atoms with van der Waals surface area (Å²) in [4.78, 5) is 27.1. The number of benzene rings is 1. The van der Waals surface area contributed by atoms with Crippen LogP contribution in [0.15, 0.2) is 29.7 Å². The van der Waals surface area contributed by atoms with Gasteiger partial charge in [0.25, 0.3) is 11.8 Å². The van der Waals surface area contributed by atoms with E-state index in [1.54, 1.807) is 44.2 Å². The third-order valence-electron chi connectivity index (χ3n) is 5.13. The zero-order chi connectivity index (χ0) is 20.8. The first-order chi connectivity index (χ1) is 14.0. The van der Waals surface area contributed by atoms with E-state index in [2.05, 4.69) is 5.32 Å². The standard InChI is InChI=1S/C21H28N2O6/c1-14-19(29-8-7-28-14)21(25)23-6-4-5-15(13-23)12-22-20(24)16-9-17(26-2)11-18(10-16)27-3/h9-11,15H,4-8,12-13H2,1-3H3,(H,22,24)/t15-/m0/s1. The van der Waals surface area contributed by atoms with E-state index >= 15 is 0 Å². The molecule has 0 spiro atoms. The molecule has 2 amide bonds. The van der Waals surface area contributed by atoms with Crippen molar-refractivity contribution in [1.82, 2.24) is 10.2 Å². The molecule has 1 atom stereocenters. The first kappa shape index (κ1) is 20.8. The number of piperidine rings is 1. The van der Waals surface area contributed by atoms with Gasteiger partial charge in [0.05, 0.1) is 14.2 Å². The van der Waals surface area contributed by atoms with Gasteiger partial charge in [0.2, 0.25) is 5.76 Å². The van der Waals surface area contributed by atoms with E-state index in [4.69, 9.17) is 18.9 Å². The van der Waals surface area contributed by atoms with Crippen molar-refractivity contribution in [3.63, 3.8) is 0 Å². The molecule has 0 aliphatic carbocycles. The highest BCUT2D eigenvalue weighted by molar-refractivity contribution is 5.95. The Morgan fingerprint density at radius 1 is 1.14 bits per heavy atom. The van der Waals surface area contributed by atoms with Gasteiger partial charge in [0, 0.05) is 31.3 Å². The minimum absolute atomic E-state index is 0.143. The lowest BCUT2D eigenvalue weighted by atomic mass is 9.97. The van der Waals surface area contributed by atoms with Crippen molar-refractivity contribution in [3.05, 3.63) is 35.3 Å². The van der Waals surface area contributed by atoms with Crippen LogP contribution in [0.1, 0.15) is 30.1 Å². The van der Waals surface area contributed by atoms with E-state index in [0.717, 1.165) is 12.8 Å². The van der Waals surface area contributed by atoms with Crippen LogP contribution in [-0.4, -0.2) is 63.8 Å². The number of nitrogens with one attached hydrogen (secondary N) is 1. The molecule has 0 saturated carbocycles. The number of nitrogens with zero attached hydrogens (tertiary/aromatic N) is 1. The van der Waals surface area contributed by atoms with Crippen LogP contribution in [0.4, 0.5) is 0 Å². The summed E-state index contributed by atoms with van der Waals surface area (Å²) >= 11 is 0. The average Bonchev–Trinajstić information content (AvgIpc) is 2.77. The monoisotopic (exact) mass is 404 g/mol. The number of ether oxygens (including phenoxy) is 4. The SMILES string of the molecule is COc1cc(OC)cc(C(=O)NC[C@@H]2CCCN(C(=O)C3=C(C)OCCO3)C2)c1. The number of amides is 2. The summed E-state index contributed by atoms with van der Waals surface area (Å²) in [6, 6.07) is 5.06. The summed E-state index contributed by atoms with van der Waals surface area (Å²) in [5, 5.41) is 2.96. The molecule has 0 bridgehead atoms. The van der Waals surface area contributed by atoms with Crippen LogP contribution in [0.25, 0.3) is 0 Å². The summed E-state index contributed by atoms with van der Waals surface area (Å²) in [5.41, 5.74) is 0.471. The molecule has 2 heterocycles. The van der Waals surface area contributed by atoms with Crippen LogP contribution in [0.3, 0.4) is 0 Å². The van der Waals surface area contributed by atoms with Crippen molar-refractivity contribution >= 4 is 11.8 Å². The van der Waals surface area contributed by atoms with Gasteiger partial charge in [-0.2, -0.15) is 0 Å². The Morgan fingerprint density at radius 2 is 1.83 bits per heavy atom. The first-order valence-corrected chi connectivity index (χ1v) is 9.79. The molecule has 1 aromatic carbocycles. The van der Waals surface area contributed by atoms with E-state index in [-0.39, 0.29) is 17.7 Å². The first-order valence-electron chi connectivity index (χ1n) is 9.79. The second-order valence-corrected chi connectivity index (χ2v) is 7.15. The third kappa shape index (κ3) is 5.13. The number of allylic oxidation sites excluding steroid dienone is 1. The van der Waals surface area contributed by atoms with Gasteiger partial charge in [0.15, 0.2) is 0 Å². The van der Waals surface area contributed by atoms with E-state index in [1.165, 1.54) is 0 Å². The van der Waals surface area contributed by atoms with Crippen LogP contribution in [0.5, 0.6) is 11.5 Å². The number of hydrogen-bond donors (Lipinski definition) is 1. The van der Waals surface area contributed by atoms with Gasteiger partial charge in [-0.05, 0) is 37.8 Å². The largest absolute Gasteiger partial charge is 0.497 e. The summed E-state index contributed by atoms with van der Waals surface area (Å²) in [7, 11) is 3.09. The lowest BCUT2D eigenvalue weighted by molar-refractivity contribution is -0.134. The van der Waals surface area contributed by atoms with Crippen molar-refractivity contribution in [1.29, 1.82) is 0 Å². The molecule has 2 aliphatic heterocycles. The lowest BCUT2D eigenvalue weighted by Gasteiger charge is -2.34. The van der Waals surface area contributed by atoms with Crippen molar-refractivity contribution in [2.75, 3.05) is 47.1 Å². The summed E-state index contributed by atoms with van der Waals surface area (Å²) in [6.45, 7) is 4.33. The predicted molar refractivity (Wildman–Crippen MR) is 106 cm³/mol. The number of methoxy groups -OCH3 is 2. The maximum absolute atomic E-state index is 12.8. The Balaban J connectivity index is 1.58. The molecule has 0 aromatic heterocycles. The van der Waals surface area contributed by atoms with Gasteiger partial charge >= 0.3 is 0 Å². The van der Waals surface area contributed by atoms with E-state index < -0.39 is 0 Å². The highest BCUT2D eigenvalue weighted by Crippen LogP contribution is 2.24. The minimum atomic E-state index is -0.201. The molecule has 29 heavy (non-hydrogen) atoms. The fourth-order valence-corrected chi connectivity index (χ4v) is 3.56. The molecule has 1 aromatic rings. The van der Waals surface area contributed by atoms with E-state index in [1.807, 2.05) is 0 Å². The molecule has 1 saturated heterocycles. The maximum atomic E-state index is 12.8. The molecule has 2 aliphatic rings. The van der Waals surface area contributed by atoms with Gasteiger partial charge in [0.1, 0.15) is 30.5 Å². The fraction of sp³-hybridized carbons (Fsp3) is 0.524. The van der Waals surface area contributed by atoms with Crippen molar-refractivity contribution in [3.8, 4) is 11.5 Å².